The number of aliphatic imine (C=N–C) groups is 1. The lowest BCUT2D eigenvalue weighted by molar-refractivity contribution is -0.135. The van der Waals surface area contributed by atoms with Crippen LogP contribution in [0, 0.1) is 5.92 Å². The van der Waals surface area contributed by atoms with Gasteiger partial charge in [-0.2, -0.15) is 5.10 Å². The molecule has 1 aromatic heterocycles. The highest BCUT2D eigenvalue weighted by molar-refractivity contribution is 6.15. The lowest BCUT2D eigenvalue weighted by Crippen LogP contribution is -2.58. The van der Waals surface area contributed by atoms with E-state index in [1.54, 1.807) is 4.68 Å². The summed E-state index contributed by atoms with van der Waals surface area (Å²) in [5.41, 5.74) is 4.68. The summed E-state index contributed by atoms with van der Waals surface area (Å²) in [5.74, 6) is 1.08. The second-order valence-electron chi connectivity index (χ2n) is 11.8. The van der Waals surface area contributed by atoms with Crippen LogP contribution in [0.1, 0.15) is 31.2 Å². The van der Waals surface area contributed by atoms with Crippen molar-refractivity contribution in [1.82, 2.24) is 24.5 Å². The molecule has 212 valence electrons. The summed E-state index contributed by atoms with van der Waals surface area (Å²) >= 11 is 0. The van der Waals surface area contributed by atoms with Gasteiger partial charge in [0.05, 0.1) is 6.20 Å². The molecule has 9 nitrogen and oxygen atoms in total. The number of urea groups is 1. The van der Waals surface area contributed by atoms with Crippen LogP contribution in [-0.4, -0.2) is 93.7 Å². The highest BCUT2D eigenvalue weighted by Gasteiger charge is 2.50. The Balaban J connectivity index is 1.09. The Kier molecular flexibility index (Phi) is 6.61. The minimum Gasteiger partial charge on any atom is -0.381 e. The number of ether oxygens (including phenoxy) is 1. The molecule has 0 unspecified atom stereocenters. The van der Waals surface area contributed by atoms with Crippen molar-refractivity contribution in [3.8, 4) is 22.3 Å². The first-order chi connectivity index (χ1) is 20.0. The molecular weight excluding hydrogens is 516 g/mol. The fraction of sp³-hybridized carbons (Fsp3) is 0.438. The minimum atomic E-state index is -0.733. The number of amidine groups is 1. The van der Waals surface area contributed by atoms with Crippen LogP contribution in [0.4, 0.5) is 4.79 Å². The van der Waals surface area contributed by atoms with Gasteiger partial charge in [0, 0.05) is 89.1 Å². The number of likely N-dealkylation sites (tertiary alicyclic amines) is 2. The molecule has 0 atom stereocenters. The smallest absolute Gasteiger partial charge is 0.320 e. The monoisotopic (exact) mass is 552 g/mol. The zero-order chi connectivity index (χ0) is 28.0. The highest BCUT2D eigenvalue weighted by atomic mass is 16.5. The van der Waals surface area contributed by atoms with Gasteiger partial charge in [-0.1, -0.05) is 48.5 Å². The maximum Gasteiger partial charge on any atom is 0.320 e. The Labute approximate surface area is 240 Å². The summed E-state index contributed by atoms with van der Waals surface area (Å²) in [6.45, 7) is 4.78. The molecule has 9 heteroatoms. The second-order valence-corrected chi connectivity index (χ2v) is 11.8. The topological polar surface area (TPSA) is 83.3 Å². The van der Waals surface area contributed by atoms with Crippen molar-refractivity contribution in [2.75, 3.05) is 45.9 Å². The van der Waals surface area contributed by atoms with Gasteiger partial charge in [0.15, 0.2) is 0 Å². The maximum absolute atomic E-state index is 13.9. The van der Waals surface area contributed by atoms with Gasteiger partial charge in [-0.25, -0.2) is 4.79 Å². The van der Waals surface area contributed by atoms with Crippen LogP contribution >= 0.6 is 0 Å². The molecule has 0 bridgehead atoms. The Hall–Kier alpha value is -3.98. The number of aryl methyl sites for hydroxylation is 1. The largest absolute Gasteiger partial charge is 0.381 e. The lowest BCUT2D eigenvalue weighted by Gasteiger charge is -2.43. The molecule has 4 aliphatic heterocycles. The van der Waals surface area contributed by atoms with Crippen molar-refractivity contribution < 1.29 is 14.3 Å². The number of hydrogen-bond acceptors (Lipinski definition) is 5. The molecule has 3 aromatic rings. The third kappa shape index (κ3) is 4.82. The van der Waals surface area contributed by atoms with E-state index in [1.165, 1.54) is 0 Å². The molecule has 3 fully saturated rings. The molecule has 0 aliphatic carbocycles. The molecule has 3 amide bonds. The first-order valence-electron chi connectivity index (χ1n) is 14.7. The van der Waals surface area contributed by atoms with Gasteiger partial charge in [0.25, 0.3) is 5.91 Å². The maximum atomic E-state index is 13.9. The molecule has 41 heavy (non-hydrogen) atoms. The van der Waals surface area contributed by atoms with E-state index < -0.39 is 5.54 Å². The van der Waals surface area contributed by atoms with Crippen LogP contribution in [-0.2, 0) is 16.6 Å². The predicted octanol–water partition coefficient (Wildman–Crippen LogP) is 4.04. The Morgan fingerprint density at radius 3 is 2.05 bits per heavy atom. The van der Waals surface area contributed by atoms with Crippen LogP contribution in [0.5, 0.6) is 0 Å². The van der Waals surface area contributed by atoms with Crippen LogP contribution in [0.25, 0.3) is 22.3 Å². The number of hydrogen-bond donors (Lipinski definition) is 0. The van der Waals surface area contributed by atoms with Crippen LogP contribution in [0.15, 0.2) is 65.9 Å². The highest BCUT2D eigenvalue weighted by Crippen LogP contribution is 2.36. The SMILES string of the molecule is Cn1cc(-c2ccc(-c3ccc(C4=NC5(CCOCC5)C(=O)N4CC4CN(C(=O)N5CCCC5)C4)cc3)cc2)cn1. The first-order valence-corrected chi connectivity index (χ1v) is 14.7. The second kappa shape index (κ2) is 10.4. The fourth-order valence-electron chi connectivity index (χ4n) is 6.53. The number of amides is 3. The summed E-state index contributed by atoms with van der Waals surface area (Å²) < 4.78 is 7.40. The average Bonchev–Trinajstić information content (AvgIpc) is 3.73. The Morgan fingerprint density at radius 2 is 1.46 bits per heavy atom. The van der Waals surface area contributed by atoms with E-state index in [4.69, 9.17) is 9.73 Å². The van der Waals surface area contributed by atoms with Crippen molar-refractivity contribution in [3.05, 3.63) is 66.5 Å². The molecule has 7 rings (SSSR count). The molecule has 2 aromatic carbocycles. The van der Waals surface area contributed by atoms with Crippen molar-refractivity contribution in [1.29, 1.82) is 0 Å². The molecule has 3 saturated heterocycles. The Morgan fingerprint density at radius 1 is 0.878 bits per heavy atom. The molecule has 1 spiro atoms. The standard InChI is InChI=1S/C32H36N6O3/c1-35-22-28(18-33-35)26-6-4-24(5-7-26)25-8-10-27(11-9-25)29-34-32(12-16-41-17-13-32)30(39)38(29)21-23-19-37(20-23)31(40)36-14-2-3-15-36/h4-11,18,22-23H,2-3,12-17,19-21H2,1H3. The fourth-order valence-corrected chi connectivity index (χ4v) is 6.53. The zero-order valence-corrected chi connectivity index (χ0v) is 23.5. The molecule has 4 aliphatic rings. The summed E-state index contributed by atoms with van der Waals surface area (Å²) in [6, 6.07) is 17.0. The van der Waals surface area contributed by atoms with Gasteiger partial charge in [-0.15, -0.1) is 0 Å². The zero-order valence-electron chi connectivity index (χ0n) is 23.5. The van der Waals surface area contributed by atoms with Crippen molar-refractivity contribution in [2.45, 2.75) is 31.2 Å². The third-order valence-electron chi connectivity index (χ3n) is 8.98. The summed E-state index contributed by atoms with van der Waals surface area (Å²) in [7, 11) is 1.92. The number of benzene rings is 2. The van der Waals surface area contributed by atoms with E-state index >= 15 is 0 Å². The number of carbonyl (C=O) groups is 2. The van der Waals surface area contributed by atoms with Crippen molar-refractivity contribution in [2.24, 2.45) is 18.0 Å². The predicted molar refractivity (Wildman–Crippen MR) is 156 cm³/mol. The summed E-state index contributed by atoms with van der Waals surface area (Å²) in [4.78, 5) is 37.5. The van der Waals surface area contributed by atoms with Gasteiger partial charge in [-0.3, -0.25) is 19.4 Å². The van der Waals surface area contributed by atoms with Crippen molar-refractivity contribution >= 4 is 17.8 Å². The number of rotatable bonds is 5. The minimum absolute atomic E-state index is 0.0789. The van der Waals surface area contributed by atoms with Gasteiger partial charge < -0.3 is 14.5 Å². The summed E-state index contributed by atoms with van der Waals surface area (Å²) in [6.07, 6.45) is 7.28. The Bertz CT molecular complexity index is 1460. The molecule has 0 saturated carbocycles. The number of aromatic nitrogens is 2. The van der Waals surface area contributed by atoms with Crippen LogP contribution in [0.3, 0.4) is 0 Å². The normalized spacial score (nSPS) is 20.6. The molecule has 0 N–H and O–H groups in total. The van der Waals surface area contributed by atoms with Gasteiger partial charge in [0.1, 0.15) is 11.4 Å². The molecule has 0 radical (unpaired) electrons. The van der Waals surface area contributed by atoms with E-state index in [2.05, 4.69) is 53.6 Å². The molecule has 5 heterocycles. The quantitative estimate of drug-likeness (QED) is 0.479. The van der Waals surface area contributed by atoms with Gasteiger partial charge >= 0.3 is 6.03 Å². The van der Waals surface area contributed by atoms with E-state index in [1.807, 2.05) is 34.1 Å². The van der Waals surface area contributed by atoms with E-state index in [9.17, 15) is 9.59 Å². The van der Waals surface area contributed by atoms with Gasteiger partial charge in [0.2, 0.25) is 0 Å². The van der Waals surface area contributed by atoms with Crippen molar-refractivity contribution in [3.63, 3.8) is 0 Å². The number of carbonyl (C=O) groups excluding carboxylic acids is 2. The van der Waals surface area contributed by atoms with E-state index in [-0.39, 0.29) is 17.9 Å². The van der Waals surface area contributed by atoms with Gasteiger partial charge in [-0.05, 0) is 29.5 Å². The lowest BCUT2D eigenvalue weighted by atomic mass is 9.90. The molecular formula is C32H36N6O3. The first kappa shape index (κ1) is 26.0. The van der Waals surface area contributed by atoms with E-state index in [0.717, 1.165) is 59.6 Å². The van der Waals surface area contributed by atoms with E-state index in [0.29, 0.717) is 45.7 Å². The average molecular weight is 553 g/mol. The third-order valence-corrected chi connectivity index (χ3v) is 8.98. The summed E-state index contributed by atoms with van der Waals surface area (Å²) in [5, 5.41) is 4.27. The van der Waals surface area contributed by atoms with Crippen LogP contribution < -0.4 is 0 Å². The number of nitrogens with zero attached hydrogens (tertiary/aromatic N) is 6. The van der Waals surface area contributed by atoms with Crippen LogP contribution in [0.2, 0.25) is 0 Å².